The van der Waals surface area contributed by atoms with Gasteiger partial charge in [0, 0.05) is 37.2 Å². The SMILES string of the molecule is Cc1cc(CC(=O)Nc2ccc(N3CCC(C)CC3)cc2)n(C)n1. The average molecular weight is 326 g/mol. The third kappa shape index (κ3) is 3.96. The summed E-state index contributed by atoms with van der Waals surface area (Å²) < 4.78 is 1.76. The summed E-state index contributed by atoms with van der Waals surface area (Å²) in [5, 5.41) is 7.24. The number of aromatic nitrogens is 2. The Kier molecular flexibility index (Phi) is 4.88. The van der Waals surface area contributed by atoms with Gasteiger partial charge in [-0.05, 0) is 56.0 Å². The maximum absolute atomic E-state index is 12.2. The molecular weight excluding hydrogens is 300 g/mol. The molecule has 0 saturated carbocycles. The zero-order chi connectivity index (χ0) is 17.1. The first-order chi connectivity index (χ1) is 11.5. The summed E-state index contributed by atoms with van der Waals surface area (Å²) in [5.41, 5.74) is 3.93. The Hall–Kier alpha value is -2.30. The van der Waals surface area contributed by atoms with Crippen LogP contribution in [0.3, 0.4) is 0 Å². The van der Waals surface area contributed by atoms with Gasteiger partial charge in [-0.25, -0.2) is 0 Å². The monoisotopic (exact) mass is 326 g/mol. The molecule has 2 aromatic rings. The van der Waals surface area contributed by atoms with E-state index in [9.17, 15) is 4.79 Å². The van der Waals surface area contributed by atoms with Crippen molar-refractivity contribution in [1.82, 2.24) is 9.78 Å². The zero-order valence-corrected chi connectivity index (χ0v) is 14.7. The number of nitrogens with zero attached hydrogens (tertiary/aromatic N) is 3. The molecule has 128 valence electrons. The second-order valence-electron chi connectivity index (χ2n) is 6.84. The normalized spacial score (nSPS) is 15.5. The van der Waals surface area contributed by atoms with E-state index in [-0.39, 0.29) is 5.91 Å². The number of aryl methyl sites for hydroxylation is 2. The molecule has 0 unspecified atom stereocenters. The number of amides is 1. The minimum atomic E-state index is -0.0162. The van der Waals surface area contributed by atoms with Gasteiger partial charge in [0.15, 0.2) is 0 Å². The predicted octanol–water partition coefficient (Wildman–Crippen LogP) is 3.15. The zero-order valence-electron chi connectivity index (χ0n) is 14.7. The second-order valence-corrected chi connectivity index (χ2v) is 6.84. The molecule has 1 aliphatic rings. The fourth-order valence-corrected chi connectivity index (χ4v) is 3.22. The Labute approximate surface area is 143 Å². The topological polar surface area (TPSA) is 50.2 Å². The minimum Gasteiger partial charge on any atom is -0.372 e. The van der Waals surface area contributed by atoms with Crippen LogP contribution in [0.15, 0.2) is 30.3 Å². The molecule has 1 saturated heterocycles. The molecule has 0 bridgehead atoms. The molecule has 1 N–H and O–H groups in total. The van der Waals surface area contributed by atoms with Gasteiger partial charge in [-0.15, -0.1) is 0 Å². The highest BCUT2D eigenvalue weighted by Crippen LogP contribution is 2.24. The van der Waals surface area contributed by atoms with E-state index >= 15 is 0 Å². The Bertz CT molecular complexity index is 697. The van der Waals surface area contributed by atoms with Crippen LogP contribution in [0.5, 0.6) is 0 Å². The number of anilines is 2. The van der Waals surface area contributed by atoms with Crippen molar-refractivity contribution in [2.24, 2.45) is 13.0 Å². The third-order valence-electron chi connectivity index (χ3n) is 4.74. The second kappa shape index (κ2) is 7.07. The highest BCUT2D eigenvalue weighted by Gasteiger charge is 2.16. The van der Waals surface area contributed by atoms with Crippen LogP contribution in [0.25, 0.3) is 0 Å². The first kappa shape index (κ1) is 16.6. The number of nitrogens with one attached hydrogen (secondary N) is 1. The van der Waals surface area contributed by atoms with Gasteiger partial charge in [-0.1, -0.05) is 6.92 Å². The summed E-state index contributed by atoms with van der Waals surface area (Å²) in [6.45, 7) is 6.49. The first-order valence-electron chi connectivity index (χ1n) is 8.65. The molecule has 1 aromatic carbocycles. The number of carbonyl (C=O) groups is 1. The van der Waals surface area contributed by atoms with E-state index in [0.29, 0.717) is 6.42 Å². The summed E-state index contributed by atoms with van der Waals surface area (Å²) in [7, 11) is 1.86. The van der Waals surface area contributed by atoms with Crippen molar-refractivity contribution in [2.45, 2.75) is 33.1 Å². The van der Waals surface area contributed by atoms with Crippen molar-refractivity contribution < 1.29 is 4.79 Å². The molecule has 0 atom stereocenters. The largest absolute Gasteiger partial charge is 0.372 e. The Morgan fingerprint density at radius 2 is 1.92 bits per heavy atom. The van der Waals surface area contributed by atoms with E-state index in [1.54, 1.807) is 4.68 Å². The number of hydrogen-bond donors (Lipinski definition) is 1. The number of carbonyl (C=O) groups excluding carboxylic acids is 1. The maximum atomic E-state index is 12.2. The van der Waals surface area contributed by atoms with Crippen LogP contribution in [0, 0.1) is 12.8 Å². The van der Waals surface area contributed by atoms with Gasteiger partial charge in [0.2, 0.25) is 5.91 Å². The fourth-order valence-electron chi connectivity index (χ4n) is 3.22. The Balaban J connectivity index is 1.57. The molecule has 0 radical (unpaired) electrons. The number of hydrogen-bond acceptors (Lipinski definition) is 3. The van der Waals surface area contributed by atoms with Crippen LogP contribution in [0.2, 0.25) is 0 Å². The molecule has 1 fully saturated rings. The van der Waals surface area contributed by atoms with Crippen LogP contribution in [0.4, 0.5) is 11.4 Å². The number of rotatable bonds is 4. The lowest BCUT2D eigenvalue weighted by Gasteiger charge is -2.32. The van der Waals surface area contributed by atoms with Crippen molar-refractivity contribution in [2.75, 3.05) is 23.3 Å². The van der Waals surface area contributed by atoms with Gasteiger partial charge >= 0.3 is 0 Å². The summed E-state index contributed by atoms with van der Waals surface area (Å²) in [6.07, 6.45) is 2.84. The summed E-state index contributed by atoms with van der Waals surface area (Å²) in [6, 6.07) is 10.1. The molecular formula is C19H26N4O. The van der Waals surface area contributed by atoms with Gasteiger partial charge in [-0.2, -0.15) is 5.10 Å². The number of piperidine rings is 1. The van der Waals surface area contributed by atoms with Crippen LogP contribution in [-0.4, -0.2) is 28.8 Å². The predicted molar refractivity (Wildman–Crippen MR) is 97.3 cm³/mol. The van der Waals surface area contributed by atoms with Gasteiger partial charge in [0.25, 0.3) is 0 Å². The van der Waals surface area contributed by atoms with Crippen LogP contribution >= 0.6 is 0 Å². The highest BCUT2D eigenvalue weighted by molar-refractivity contribution is 5.92. The van der Waals surface area contributed by atoms with Gasteiger partial charge < -0.3 is 10.2 Å². The molecule has 1 aromatic heterocycles. The smallest absolute Gasteiger partial charge is 0.230 e. The van der Waals surface area contributed by atoms with Crippen LogP contribution in [-0.2, 0) is 18.3 Å². The summed E-state index contributed by atoms with van der Waals surface area (Å²) in [4.78, 5) is 14.6. The third-order valence-corrected chi connectivity index (χ3v) is 4.74. The van der Waals surface area contributed by atoms with E-state index in [1.165, 1.54) is 18.5 Å². The van der Waals surface area contributed by atoms with Crippen LogP contribution in [0.1, 0.15) is 31.2 Å². The van der Waals surface area contributed by atoms with Crippen molar-refractivity contribution >= 4 is 17.3 Å². The molecule has 2 heterocycles. The van der Waals surface area contributed by atoms with E-state index in [0.717, 1.165) is 36.1 Å². The molecule has 1 aliphatic heterocycles. The average Bonchev–Trinajstić information content (AvgIpc) is 2.86. The van der Waals surface area contributed by atoms with Crippen molar-refractivity contribution in [1.29, 1.82) is 0 Å². The van der Waals surface area contributed by atoms with E-state index in [2.05, 4.69) is 34.4 Å². The van der Waals surface area contributed by atoms with Gasteiger partial charge in [0.05, 0.1) is 12.1 Å². The molecule has 24 heavy (non-hydrogen) atoms. The van der Waals surface area contributed by atoms with Crippen molar-refractivity contribution in [3.05, 3.63) is 41.7 Å². The Morgan fingerprint density at radius 1 is 1.25 bits per heavy atom. The highest BCUT2D eigenvalue weighted by atomic mass is 16.1. The van der Waals surface area contributed by atoms with Crippen molar-refractivity contribution in [3.8, 4) is 0 Å². The molecule has 5 heteroatoms. The molecule has 0 aliphatic carbocycles. The van der Waals surface area contributed by atoms with E-state index in [1.807, 2.05) is 32.2 Å². The minimum absolute atomic E-state index is 0.0162. The first-order valence-corrected chi connectivity index (χ1v) is 8.65. The molecule has 3 rings (SSSR count). The van der Waals surface area contributed by atoms with Gasteiger partial charge in [0.1, 0.15) is 0 Å². The Morgan fingerprint density at radius 3 is 2.50 bits per heavy atom. The number of benzene rings is 1. The summed E-state index contributed by atoms with van der Waals surface area (Å²) in [5.74, 6) is 0.813. The summed E-state index contributed by atoms with van der Waals surface area (Å²) >= 11 is 0. The molecule has 0 spiro atoms. The fraction of sp³-hybridized carbons (Fsp3) is 0.474. The molecule has 1 amide bonds. The molecule has 5 nitrogen and oxygen atoms in total. The lowest BCUT2D eigenvalue weighted by atomic mass is 9.99. The van der Waals surface area contributed by atoms with Crippen LogP contribution < -0.4 is 10.2 Å². The lowest BCUT2D eigenvalue weighted by Crippen LogP contribution is -2.32. The van der Waals surface area contributed by atoms with Gasteiger partial charge in [-0.3, -0.25) is 9.48 Å². The lowest BCUT2D eigenvalue weighted by molar-refractivity contribution is -0.115. The standard InChI is InChI=1S/C19H26N4O/c1-14-8-10-23(11-9-14)17-6-4-16(5-7-17)20-19(24)13-18-12-15(2)21-22(18)3/h4-7,12,14H,8-11,13H2,1-3H3,(H,20,24). The van der Waals surface area contributed by atoms with E-state index < -0.39 is 0 Å². The quantitative estimate of drug-likeness (QED) is 0.939. The van der Waals surface area contributed by atoms with Crippen molar-refractivity contribution in [3.63, 3.8) is 0 Å². The maximum Gasteiger partial charge on any atom is 0.230 e. The van der Waals surface area contributed by atoms with E-state index in [4.69, 9.17) is 0 Å².